The SMILES string of the molecule is CC1=NN(C(N)=S)C(=O)[C@@H]1N=Nc1ccc(S(N)(=O)=O)cc1. The van der Waals surface area contributed by atoms with E-state index in [9.17, 15) is 13.2 Å². The van der Waals surface area contributed by atoms with Gasteiger partial charge in [-0.05, 0) is 43.4 Å². The van der Waals surface area contributed by atoms with Gasteiger partial charge in [-0.25, -0.2) is 13.6 Å². The molecule has 1 aliphatic rings. The van der Waals surface area contributed by atoms with Crippen molar-refractivity contribution >= 4 is 44.7 Å². The Morgan fingerprint density at radius 2 is 1.95 bits per heavy atom. The van der Waals surface area contributed by atoms with E-state index in [1.165, 1.54) is 24.3 Å². The van der Waals surface area contributed by atoms with E-state index < -0.39 is 22.0 Å². The molecule has 4 N–H and O–H groups in total. The van der Waals surface area contributed by atoms with Gasteiger partial charge in [0.05, 0.1) is 16.3 Å². The quantitative estimate of drug-likeness (QED) is 0.598. The molecule has 2 rings (SSSR count). The van der Waals surface area contributed by atoms with Crippen molar-refractivity contribution in [2.75, 3.05) is 0 Å². The second kappa shape index (κ2) is 5.87. The van der Waals surface area contributed by atoms with E-state index in [2.05, 4.69) is 15.3 Å². The number of hydrogen-bond acceptors (Lipinski definition) is 7. The summed E-state index contributed by atoms with van der Waals surface area (Å²) in [4.78, 5) is 11.9. The summed E-state index contributed by atoms with van der Waals surface area (Å²) < 4.78 is 22.3. The maximum atomic E-state index is 12.0. The first-order valence-corrected chi connectivity index (χ1v) is 7.88. The van der Waals surface area contributed by atoms with E-state index in [0.29, 0.717) is 11.4 Å². The number of carbonyl (C=O) groups excluding carboxylic acids is 1. The Morgan fingerprint density at radius 3 is 2.41 bits per heavy atom. The van der Waals surface area contributed by atoms with Crippen molar-refractivity contribution in [1.29, 1.82) is 0 Å². The van der Waals surface area contributed by atoms with Gasteiger partial charge in [-0.1, -0.05) is 0 Å². The van der Waals surface area contributed by atoms with Crippen LogP contribution in [0.4, 0.5) is 5.69 Å². The Morgan fingerprint density at radius 1 is 1.36 bits per heavy atom. The summed E-state index contributed by atoms with van der Waals surface area (Å²) in [5.74, 6) is -0.491. The van der Waals surface area contributed by atoms with E-state index in [-0.39, 0.29) is 10.0 Å². The normalized spacial score (nSPS) is 18.8. The minimum absolute atomic E-state index is 0.0409. The highest BCUT2D eigenvalue weighted by Crippen LogP contribution is 2.19. The Kier molecular flexibility index (Phi) is 4.30. The van der Waals surface area contributed by atoms with Crippen LogP contribution < -0.4 is 10.9 Å². The van der Waals surface area contributed by atoms with Gasteiger partial charge in [0.2, 0.25) is 10.0 Å². The molecule has 0 aromatic heterocycles. The lowest BCUT2D eigenvalue weighted by atomic mass is 10.2. The van der Waals surface area contributed by atoms with Gasteiger partial charge >= 0.3 is 0 Å². The first-order chi connectivity index (χ1) is 10.2. The summed E-state index contributed by atoms with van der Waals surface area (Å²) in [5, 5.41) is 17.4. The molecule has 1 aromatic carbocycles. The lowest BCUT2D eigenvalue weighted by molar-refractivity contribution is -0.126. The Balaban J connectivity index is 2.18. The van der Waals surface area contributed by atoms with Gasteiger partial charge in [0.1, 0.15) is 0 Å². The van der Waals surface area contributed by atoms with Crippen LogP contribution in [0.25, 0.3) is 0 Å². The lowest BCUT2D eigenvalue weighted by Gasteiger charge is -2.08. The van der Waals surface area contributed by atoms with Crippen LogP contribution in [0.1, 0.15) is 6.92 Å². The van der Waals surface area contributed by atoms with Crippen molar-refractivity contribution < 1.29 is 13.2 Å². The number of sulfonamides is 1. The summed E-state index contributed by atoms with van der Waals surface area (Å²) in [5.41, 5.74) is 6.13. The second-order valence-corrected chi connectivity index (χ2v) is 6.37. The number of hydrazone groups is 1. The van der Waals surface area contributed by atoms with Crippen molar-refractivity contribution in [2.24, 2.45) is 26.2 Å². The monoisotopic (exact) mass is 340 g/mol. The highest BCUT2D eigenvalue weighted by atomic mass is 32.2. The van der Waals surface area contributed by atoms with Gasteiger partial charge in [-0.3, -0.25) is 4.79 Å². The number of rotatable bonds is 3. The predicted octanol–water partition coefficient (Wildman–Crippen LogP) is 0.248. The minimum Gasteiger partial charge on any atom is -0.374 e. The topological polar surface area (TPSA) is 144 Å². The minimum atomic E-state index is -3.76. The van der Waals surface area contributed by atoms with Crippen molar-refractivity contribution in [3.8, 4) is 0 Å². The number of benzene rings is 1. The summed E-state index contributed by atoms with van der Waals surface area (Å²) >= 11 is 4.70. The molecule has 1 atom stereocenters. The molecular formula is C11H12N6O3S2. The highest BCUT2D eigenvalue weighted by molar-refractivity contribution is 7.89. The molecule has 0 radical (unpaired) electrons. The fourth-order valence-corrected chi connectivity index (χ4v) is 2.32. The van der Waals surface area contributed by atoms with Crippen molar-refractivity contribution in [3.63, 3.8) is 0 Å². The zero-order valence-electron chi connectivity index (χ0n) is 11.4. The number of nitrogens with zero attached hydrogens (tertiary/aromatic N) is 4. The zero-order chi connectivity index (χ0) is 16.5. The molecule has 116 valence electrons. The van der Waals surface area contributed by atoms with Crippen LogP contribution in [0.15, 0.2) is 44.5 Å². The number of amides is 1. The summed E-state index contributed by atoms with van der Waals surface area (Å²) in [6.07, 6.45) is 0. The fourth-order valence-electron chi connectivity index (χ4n) is 1.67. The Hall–Kier alpha value is -2.24. The van der Waals surface area contributed by atoms with Crippen LogP contribution in [-0.4, -0.2) is 36.2 Å². The number of thiocarbonyl (C=S) groups is 1. The van der Waals surface area contributed by atoms with Crippen LogP contribution in [0, 0.1) is 0 Å². The zero-order valence-corrected chi connectivity index (χ0v) is 13.0. The van der Waals surface area contributed by atoms with Crippen LogP contribution in [0.2, 0.25) is 0 Å². The van der Waals surface area contributed by atoms with E-state index >= 15 is 0 Å². The van der Waals surface area contributed by atoms with E-state index in [1.54, 1.807) is 6.92 Å². The molecule has 0 saturated heterocycles. The third-order valence-electron chi connectivity index (χ3n) is 2.76. The second-order valence-electron chi connectivity index (χ2n) is 4.39. The average molecular weight is 340 g/mol. The average Bonchev–Trinajstić information content (AvgIpc) is 2.71. The van der Waals surface area contributed by atoms with Crippen LogP contribution >= 0.6 is 12.2 Å². The standard InChI is InChI=1S/C11H12N6O3S2/c1-6-9(10(18)17(16-6)11(12)21)15-14-7-2-4-8(5-3-7)22(13,19)20/h2-5,9H,1H3,(H2,12,21)(H2,13,19,20)/t9-/m1/s1. The molecule has 9 nitrogen and oxygen atoms in total. The van der Waals surface area contributed by atoms with Crippen molar-refractivity contribution in [3.05, 3.63) is 24.3 Å². The molecule has 0 bridgehead atoms. The predicted molar refractivity (Wildman–Crippen MR) is 82.9 cm³/mol. The molecule has 0 saturated carbocycles. The van der Waals surface area contributed by atoms with Crippen LogP contribution in [-0.2, 0) is 14.8 Å². The smallest absolute Gasteiger partial charge is 0.282 e. The fraction of sp³-hybridized carbons (Fsp3) is 0.182. The molecule has 1 heterocycles. The number of hydrogen-bond donors (Lipinski definition) is 2. The summed E-state index contributed by atoms with van der Waals surface area (Å²) in [7, 11) is -3.76. The first kappa shape index (κ1) is 16.1. The summed E-state index contributed by atoms with van der Waals surface area (Å²) in [6, 6.07) is 4.52. The van der Waals surface area contributed by atoms with Gasteiger partial charge in [-0.15, -0.1) is 0 Å². The van der Waals surface area contributed by atoms with Crippen LogP contribution in [0.5, 0.6) is 0 Å². The maximum absolute atomic E-state index is 12.0. The molecule has 0 spiro atoms. The lowest BCUT2D eigenvalue weighted by Crippen LogP contribution is -2.37. The molecule has 1 amide bonds. The molecular weight excluding hydrogens is 328 g/mol. The van der Waals surface area contributed by atoms with Crippen LogP contribution in [0.3, 0.4) is 0 Å². The van der Waals surface area contributed by atoms with Gasteiger partial charge in [0, 0.05) is 0 Å². The molecule has 0 unspecified atom stereocenters. The van der Waals surface area contributed by atoms with E-state index in [1.807, 2.05) is 0 Å². The number of nitrogens with two attached hydrogens (primary N) is 2. The molecule has 1 aromatic rings. The van der Waals surface area contributed by atoms with E-state index in [0.717, 1.165) is 5.01 Å². The van der Waals surface area contributed by atoms with E-state index in [4.69, 9.17) is 23.1 Å². The maximum Gasteiger partial charge on any atom is 0.282 e. The molecule has 11 heteroatoms. The molecule has 22 heavy (non-hydrogen) atoms. The van der Waals surface area contributed by atoms with Crippen molar-refractivity contribution in [2.45, 2.75) is 17.9 Å². The Labute approximate surface area is 131 Å². The third kappa shape index (κ3) is 3.32. The summed E-state index contributed by atoms with van der Waals surface area (Å²) in [6.45, 7) is 1.60. The van der Waals surface area contributed by atoms with Gasteiger partial charge in [0.15, 0.2) is 11.2 Å². The van der Waals surface area contributed by atoms with Gasteiger partial charge < -0.3 is 5.73 Å². The van der Waals surface area contributed by atoms with Gasteiger partial charge in [0.25, 0.3) is 5.91 Å². The highest BCUT2D eigenvalue weighted by Gasteiger charge is 2.35. The number of primary sulfonamides is 1. The molecule has 1 aliphatic heterocycles. The molecule has 0 fully saturated rings. The third-order valence-corrected chi connectivity index (χ3v) is 3.86. The Bertz CT molecular complexity index is 785. The van der Waals surface area contributed by atoms with Crippen molar-refractivity contribution in [1.82, 2.24) is 5.01 Å². The van der Waals surface area contributed by atoms with Gasteiger partial charge in [-0.2, -0.15) is 20.3 Å². The number of carbonyl (C=O) groups is 1. The largest absolute Gasteiger partial charge is 0.374 e. The first-order valence-electron chi connectivity index (χ1n) is 5.92. The number of azo groups is 1. The molecule has 0 aliphatic carbocycles.